The van der Waals surface area contributed by atoms with E-state index in [1.165, 1.54) is 0 Å². The SMILES string of the molecule is Cc1ncn(COC(=O)NC(C)C)c1C. The fraction of sp³-hybridized carbons (Fsp3) is 0.600. The van der Waals surface area contributed by atoms with Crippen molar-refractivity contribution in [2.24, 2.45) is 0 Å². The molecular formula is C10H17N3O2. The van der Waals surface area contributed by atoms with Crippen LogP contribution in [0.5, 0.6) is 0 Å². The van der Waals surface area contributed by atoms with Crippen molar-refractivity contribution >= 4 is 6.09 Å². The summed E-state index contributed by atoms with van der Waals surface area (Å²) in [6.07, 6.45) is 1.25. The van der Waals surface area contributed by atoms with Gasteiger partial charge in [0.1, 0.15) is 0 Å². The second-order valence-corrected chi connectivity index (χ2v) is 3.75. The number of nitrogens with zero attached hydrogens (tertiary/aromatic N) is 2. The Labute approximate surface area is 89.4 Å². The van der Waals surface area contributed by atoms with E-state index in [0.29, 0.717) is 0 Å². The summed E-state index contributed by atoms with van der Waals surface area (Å²) < 4.78 is 6.79. The number of carbonyl (C=O) groups is 1. The minimum atomic E-state index is -0.407. The van der Waals surface area contributed by atoms with Gasteiger partial charge < -0.3 is 14.6 Å². The summed E-state index contributed by atoms with van der Waals surface area (Å²) in [5.74, 6) is 0. The molecule has 0 spiro atoms. The van der Waals surface area contributed by atoms with Crippen LogP contribution in [0.3, 0.4) is 0 Å². The highest BCUT2D eigenvalue weighted by molar-refractivity contribution is 5.67. The van der Waals surface area contributed by atoms with Crippen LogP contribution in [0.1, 0.15) is 25.2 Å². The molecule has 0 fully saturated rings. The van der Waals surface area contributed by atoms with Gasteiger partial charge in [0.25, 0.3) is 0 Å². The maximum atomic E-state index is 11.2. The molecule has 1 amide bonds. The Morgan fingerprint density at radius 3 is 2.73 bits per heavy atom. The van der Waals surface area contributed by atoms with Gasteiger partial charge in [-0.2, -0.15) is 0 Å². The highest BCUT2D eigenvalue weighted by Gasteiger charge is 2.06. The summed E-state index contributed by atoms with van der Waals surface area (Å²) in [5.41, 5.74) is 1.95. The molecule has 0 aliphatic heterocycles. The van der Waals surface area contributed by atoms with Crippen LogP contribution in [0.2, 0.25) is 0 Å². The highest BCUT2D eigenvalue weighted by Crippen LogP contribution is 2.03. The standard InChI is InChI=1S/C10H17N3O2/c1-7(2)12-10(14)15-6-13-5-11-8(3)9(13)4/h5,7H,6H2,1-4H3,(H,12,14). The van der Waals surface area contributed by atoms with Crippen LogP contribution in [-0.4, -0.2) is 21.7 Å². The van der Waals surface area contributed by atoms with Gasteiger partial charge in [0.15, 0.2) is 6.73 Å². The number of aromatic nitrogens is 2. The van der Waals surface area contributed by atoms with Gasteiger partial charge in [-0.05, 0) is 27.7 Å². The molecule has 15 heavy (non-hydrogen) atoms. The van der Waals surface area contributed by atoms with Gasteiger partial charge in [0.2, 0.25) is 0 Å². The van der Waals surface area contributed by atoms with Crippen LogP contribution >= 0.6 is 0 Å². The molecule has 1 aromatic rings. The molecule has 0 aromatic carbocycles. The van der Waals surface area contributed by atoms with Crippen molar-refractivity contribution in [1.82, 2.24) is 14.9 Å². The molecule has 1 heterocycles. The Kier molecular flexibility index (Phi) is 3.71. The largest absolute Gasteiger partial charge is 0.428 e. The van der Waals surface area contributed by atoms with E-state index in [1.54, 1.807) is 10.9 Å². The number of alkyl carbamates (subject to hydrolysis) is 1. The number of rotatable bonds is 3. The van der Waals surface area contributed by atoms with Crippen LogP contribution in [-0.2, 0) is 11.5 Å². The second-order valence-electron chi connectivity index (χ2n) is 3.75. The lowest BCUT2D eigenvalue weighted by molar-refractivity contribution is 0.111. The smallest absolute Gasteiger partial charge is 0.409 e. The van der Waals surface area contributed by atoms with E-state index in [4.69, 9.17) is 4.74 Å². The van der Waals surface area contributed by atoms with Crippen LogP contribution in [0.25, 0.3) is 0 Å². The molecule has 84 valence electrons. The van der Waals surface area contributed by atoms with Crippen LogP contribution in [0, 0.1) is 13.8 Å². The summed E-state index contributed by atoms with van der Waals surface area (Å²) in [5, 5.41) is 2.64. The molecule has 1 N–H and O–H groups in total. The molecular weight excluding hydrogens is 194 g/mol. The molecule has 1 aromatic heterocycles. The second kappa shape index (κ2) is 4.82. The molecule has 0 aliphatic rings. The first kappa shape index (κ1) is 11.6. The van der Waals surface area contributed by atoms with Crippen molar-refractivity contribution in [1.29, 1.82) is 0 Å². The van der Waals surface area contributed by atoms with Crippen LogP contribution in [0.15, 0.2) is 6.33 Å². The Morgan fingerprint density at radius 1 is 1.60 bits per heavy atom. The van der Waals surface area contributed by atoms with E-state index in [9.17, 15) is 4.79 Å². The van der Waals surface area contributed by atoms with E-state index >= 15 is 0 Å². The Morgan fingerprint density at radius 2 is 2.27 bits per heavy atom. The molecule has 0 atom stereocenters. The van der Waals surface area contributed by atoms with Gasteiger partial charge in [0.05, 0.1) is 12.0 Å². The first-order valence-corrected chi connectivity index (χ1v) is 4.92. The average Bonchev–Trinajstić information content (AvgIpc) is 2.44. The summed E-state index contributed by atoms with van der Waals surface area (Å²) >= 11 is 0. The molecule has 0 radical (unpaired) electrons. The fourth-order valence-corrected chi connectivity index (χ4v) is 1.08. The number of ether oxygens (including phenoxy) is 1. The molecule has 5 nitrogen and oxygen atoms in total. The van der Waals surface area contributed by atoms with Gasteiger partial charge >= 0.3 is 6.09 Å². The van der Waals surface area contributed by atoms with Crippen LogP contribution < -0.4 is 5.32 Å². The first-order valence-electron chi connectivity index (χ1n) is 4.92. The zero-order valence-electron chi connectivity index (χ0n) is 9.57. The lowest BCUT2D eigenvalue weighted by atomic mass is 10.4. The van der Waals surface area contributed by atoms with Crippen molar-refractivity contribution in [3.8, 4) is 0 Å². The molecule has 0 bridgehead atoms. The molecule has 5 heteroatoms. The van der Waals surface area contributed by atoms with E-state index < -0.39 is 6.09 Å². The normalized spacial score (nSPS) is 10.5. The Bertz CT molecular complexity index is 344. The number of carbonyl (C=O) groups excluding carboxylic acids is 1. The van der Waals surface area contributed by atoms with Gasteiger partial charge in [-0.25, -0.2) is 9.78 Å². The summed E-state index contributed by atoms with van der Waals surface area (Å²) in [4.78, 5) is 15.3. The van der Waals surface area contributed by atoms with Crippen LogP contribution in [0.4, 0.5) is 4.79 Å². The van der Waals surface area contributed by atoms with Gasteiger partial charge in [0, 0.05) is 11.7 Å². The van der Waals surface area contributed by atoms with Crippen molar-refractivity contribution < 1.29 is 9.53 Å². The van der Waals surface area contributed by atoms with E-state index in [-0.39, 0.29) is 12.8 Å². The predicted molar refractivity (Wildman–Crippen MR) is 56.5 cm³/mol. The number of hydrogen-bond acceptors (Lipinski definition) is 3. The number of imidazole rings is 1. The third-order valence-corrected chi connectivity index (χ3v) is 2.09. The van der Waals surface area contributed by atoms with Crippen molar-refractivity contribution in [3.05, 3.63) is 17.7 Å². The maximum Gasteiger partial charge on any atom is 0.409 e. The molecule has 0 aliphatic carbocycles. The third-order valence-electron chi connectivity index (χ3n) is 2.09. The first-order chi connectivity index (χ1) is 7.00. The van der Waals surface area contributed by atoms with Crippen molar-refractivity contribution in [2.45, 2.75) is 40.5 Å². The molecule has 1 rings (SSSR count). The minimum absolute atomic E-state index is 0.0862. The van der Waals surface area contributed by atoms with Gasteiger partial charge in [-0.1, -0.05) is 0 Å². The number of nitrogens with one attached hydrogen (secondary N) is 1. The molecule has 0 saturated heterocycles. The number of aryl methyl sites for hydroxylation is 1. The average molecular weight is 211 g/mol. The zero-order valence-corrected chi connectivity index (χ0v) is 9.57. The predicted octanol–water partition coefficient (Wildman–Crippen LogP) is 1.59. The maximum absolute atomic E-state index is 11.2. The third kappa shape index (κ3) is 3.27. The highest BCUT2D eigenvalue weighted by atomic mass is 16.6. The van der Waals surface area contributed by atoms with Gasteiger partial charge in [-0.3, -0.25) is 0 Å². The topological polar surface area (TPSA) is 56.2 Å². The Hall–Kier alpha value is -1.52. The molecule has 0 saturated carbocycles. The lowest BCUT2D eigenvalue weighted by Crippen LogP contribution is -2.31. The van der Waals surface area contributed by atoms with Crippen molar-refractivity contribution in [3.63, 3.8) is 0 Å². The van der Waals surface area contributed by atoms with E-state index in [0.717, 1.165) is 11.4 Å². The number of hydrogen-bond donors (Lipinski definition) is 1. The fourth-order valence-electron chi connectivity index (χ4n) is 1.08. The lowest BCUT2D eigenvalue weighted by Gasteiger charge is -2.10. The van der Waals surface area contributed by atoms with E-state index in [2.05, 4.69) is 10.3 Å². The quantitative estimate of drug-likeness (QED) is 0.826. The van der Waals surface area contributed by atoms with Gasteiger partial charge in [-0.15, -0.1) is 0 Å². The summed E-state index contributed by atoms with van der Waals surface area (Å²) in [7, 11) is 0. The summed E-state index contributed by atoms with van der Waals surface area (Å²) in [6.45, 7) is 7.82. The summed E-state index contributed by atoms with van der Waals surface area (Å²) in [6, 6.07) is 0.0862. The monoisotopic (exact) mass is 211 g/mol. The zero-order chi connectivity index (χ0) is 11.4. The molecule has 0 unspecified atom stereocenters. The Balaban J connectivity index is 2.44. The van der Waals surface area contributed by atoms with Crippen molar-refractivity contribution in [2.75, 3.05) is 0 Å². The minimum Gasteiger partial charge on any atom is -0.428 e. The van der Waals surface area contributed by atoms with E-state index in [1.807, 2.05) is 27.7 Å². The number of amides is 1.